The van der Waals surface area contributed by atoms with Gasteiger partial charge in [-0.15, -0.1) is 0 Å². The van der Waals surface area contributed by atoms with Gasteiger partial charge in [0.15, 0.2) is 0 Å². The van der Waals surface area contributed by atoms with E-state index in [2.05, 4.69) is 46.4 Å². The number of piperazine rings is 1. The van der Waals surface area contributed by atoms with E-state index in [1.165, 1.54) is 5.69 Å². The summed E-state index contributed by atoms with van der Waals surface area (Å²) in [7, 11) is 2.16. The second kappa shape index (κ2) is 5.80. The summed E-state index contributed by atoms with van der Waals surface area (Å²) in [6.07, 6.45) is 1.47. The van der Waals surface area contributed by atoms with Gasteiger partial charge in [0.1, 0.15) is 11.9 Å². The van der Waals surface area contributed by atoms with E-state index in [-0.39, 0.29) is 0 Å². The third-order valence-corrected chi connectivity index (χ3v) is 3.96. The van der Waals surface area contributed by atoms with Crippen LogP contribution in [-0.2, 0) is 0 Å². The zero-order valence-corrected chi connectivity index (χ0v) is 11.6. The maximum absolute atomic E-state index is 6.23. The highest BCUT2D eigenvalue weighted by atomic mass is 16.5. The molecule has 1 atom stereocenters. The summed E-state index contributed by atoms with van der Waals surface area (Å²) >= 11 is 0. The minimum atomic E-state index is 0.342. The van der Waals surface area contributed by atoms with Gasteiger partial charge in [0.25, 0.3) is 0 Å². The van der Waals surface area contributed by atoms with Crippen LogP contribution in [0.4, 0.5) is 5.69 Å². The molecule has 4 heteroatoms. The van der Waals surface area contributed by atoms with E-state index >= 15 is 0 Å². The van der Waals surface area contributed by atoms with E-state index in [1.54, 1.807) is 0 Å². The first-order valence-electron chi connectivity index (χ1n) is 7.23. The lowest BCUT2D eigenvalue weighted by Gasteiger charge is -2.31. The van der Waals surface area contributed by atoms with Gasteiger partial charge in [0, 0.05) is 39.3 Å². The number of hydrogen-bond acceptors (Lipinski definition) is 4. The van der Waals surface area contributed by atoms with E-state index in [0.717, 1.165) is 51.4 Å². The molecule has 0 spiro atoms. The van der Waals surface area contributed by atoms with Crippen molar-refractivity contribution in [2.75, 3.05) is 51.2 Å². The van der Waals surface area contributed by atoms with Crippen LogP contribution >= 0.6 is 0 Å². The molecule has 1 aromatic rings. The van der Waals surface area contributed by atoms with Gasteiger partial charge >= 0.3 is 0 Å². The van der Waals surface area contributed by atoms with Gasteiger partial charge in [0.05, 0.1) is 5.69 Å². The molecule has 1 unspecified atom stereocenters. The minimum Gasteiger partial charge on any atom is -0.487 e. The molecule has 2 saturated heterocycles. The Labute approximate surface area is 115 Å². The molecule has 0 saturated carbocycles. The molecule has 104 valence electrons. The number of likely N-dealkylation sites (N-methyl/N-ethyl adjacent to an activating group) is 1. The van der Waals surface area contributed by atoms with E-state index in [9.17, 15) is 0 Å². The second-order valence-corrected chi connectivity index (χ2v) is 5.50. The molecule has 2 aliphatic rings. The topological polar surface area (TPSA) is 27.7 Å². The van der Waals surface area contributed by atoms with Crippen LogP contribution in [0.5, 0.6) is 5.75 Å². The zero-order chi connectivity index (χ0) is 13.1. The Morgan fingerprint density at radius 2 is 1.95 bits per heavy atom. The number of likely N-dealkylation sites (tertiary alicyclic amines) is 1. The highest BCUT2D eigenvalue weighted by Gasteiger charge is 2.23. The Kier molecular flexibility index (Phi) is 3.89. The molecule has 0 radical (unpaired) electrons. The maximum atomic E-state index is 6.23. The van der Waals surface area contributed by atoms with Crippen LogP contribution in [0.3, 0.4) is 0 Å². The molecule has 0 bridgehead atoms. The molecular weight excluding hydrogens is 238 g/mol. The lowest BCUT2D eigenvalue weighted by molar-refractivity contribution is 0.208. The first-order valence-corrected chi connectivity index (χ1v) is 7.23. The molecule has 1 aromatic carbocycles. The first-order chi connectivity index (χ1) is 9.33. The molecule has 2 heterocycles. The number of hydrogen-bond donors (Lipinski definition) is 1. The van der Waals surface area contributed by atoms with Gasteiger partial charge in [-0.25, -0.2) is 0 Å². The van der Waals surface area contributed by atoms with Crippen LogP contribution in [0.25, 0.3) is 0 Å². The van der Waals surface area contributed by atoms with Crippen molar-refractivity contribution in [1.82, 2.24) is 10.2 Å². The van der Waals surface area contributed by atoms with Crippen LogP contribution in [0, 0.1) is 0 Å². The van der Waals surface area contributed by atoms with E-state index in [1.807, 2.05) is 0 Å². The van der Waals surface area contributed by atoms with Gasteiger partial charge in [-0.05, 0) is 25.6 Å². The average molecular weight is 261 g/mol. The van der Waals surface area contributed by atoms with Crippen molar-refractivity contribution in [3.05, 3.63) is 24.3 Å². The predicted octanol–water partition coefficient (Wildman–Crippen LogP) is 1.18. The lowest BCUT2D eigenvalue weighted by Crippen LogP contribution is -2.43. The third kappa shape index (κ3) is 3.01. The summed E-state index contributed by atoms with van der Waals surface area (Å²) in [5.41, 5.74) is 1.25. The summed E-state index contributed by atoms with van der Waals surface area (Å²) in [6, 6.07) is 8.46. The van der Waals surface area contributed by atoms with Crippen molar-refractivity contribution in [2.24, 2.45) is 0 Å². The molecule has 4 nitrogen and oxygen atoms in total. The van der Waals surface area contributed by atoms with Crippen molar-refractivity contribution >= 4 is 5.69 Å². The maximum Gasteiger partial charge on any atom is 0.143 e. The van der Waals surface area contributed by atoms with Gasteiger partial charge in [-0.1, -0.05) is 12.1 Å². The SMILES string of the molecule is CN1CCC(Oc2ccccc2N2CCNCC2)C1. The Balaban J connectivity index is 1.73. The van der Waals surface area contributed by atoms with Crippen LogP contribution in [0.1, 0.15) is 6.42 Å². The molecule has 3 rings (SSSR count). The summed E-state index contributed by atoms with van der Waals surface area (Å²) in [6.45, 7) is 6.41. The number of para-hydroxylation sites is 2. The highest BCUT2D eigenvalue weighted by molar-refractivity contribution is 5.58. The monoisotopic (exact) mass is 261 g/mol. The number of benzene rings is 1. The molecular formula is C15H23N3O. The Morgan fingerprint density at radius 1 is 1.16 bits per heavy atom. The fourth-order valence-corrected chi connectivity index (χ4v) is 2.89. The Hall–Kier alpha value is -1.26. The van der Waals surface area contributed by atoms with E-state index in [0.29, 0.717) is 6.10 Å². The number of nitrogens with one attached hydrogen (secondary N) is 1. The molecule has 2 aliphatic heterocycles. The molecule has 0 amide bonds. The number of nitrogens with zero attached hydrogens (tertiary/aromatic N) is 2. The lowest BCUT2D eigenvalue weighted by atomic mass is 10.2. The minimum absolute atomic E-state index is 0.342. The number of ether oxygens (including phenoxy) is 1. The molecule has 2 fully saturated rings. The fourth-order valence-electron chi connectivity index (χ4n) is 2.89. The van der Waals surface area contributed by atoms with E-state index < -0.39 is 0 Å². The van der Waals surface area contributed by atoms with Crippen LogP contribution < -0.4 is 15.0 Å². The van der Waals surface area contributed by atoms with Crippen molar-refractivity contribution < 1.29 is 4.74 Å². The standard InChI is InChI=1S/C15H23N3O/c1-17-9-6-13(12-17)19-15-5-3-2-4-14(15)18-10-7-16-8-11-18/h2-5,13,16H,6-12H2,1H3. The van der Waals surface area contributed by atoms with Gasteiger partial charge in [-0.2, -0.15) is 0 Å². The predicted molar refractivity (Wildman–Crippen MR) is 78.1 cm³/mol. The largest absolute Gasteiger partial charge is 0.487 e. The zero-order valence-electron chi connectivity index (χ0n) is 11.6. The van der Waals surface area contributed by atoms with Gasteiger partial charge in [0.2, 0.25) is 0 Å². The molecule has 1 N–H and O–H groups in total. The number of anilines is 1. The van der Waals surface area contributed by atoms with Crippen molar-refractivity contribution in [2.45, 2.75) is 12.5 Å². The van der Waals surface area contributed by atoms with Crippen LogP contribution in [0.2, 0.25) is 0 Å². The fraction of sp³-hybridized carbons (Fsp3) is 0.600. The summed E-state index contributed by atoms with van der Waals surface area (Å²) < 4.78 is 6.23. The quantitative estimate of drug-likeness (QED) is 0.884. The number of rotatable bonds is 3. The van der Waals surface area contributed by atoms with Gasteiger partial charge in [-0.3, -0.25) is 0 Å². The summed E-state index contributed by atoms with van der Waals surface area (Å²) in [5.74, 6) is 1.05. The molecule has 19 heavy (non-hydrogen) atoms. The molecule has 0 aromatic heterocycles. The van der Waals surface area contributed by atoms with Gasteiger partial charge < -0.3 is 19.9 Å². The van der Waals surface area contributed by atoms with E-state index in [4.69, 9.17) is 4.74 Å². The molecule has 0 aliphatic carbocycles. The van der Waals surface area contributed by atoms with Crippen molar-refractivity contribution in [3.63, 3.8) is 0 Å². The first kappa shape index (κ1) is 12.8. The van der Waals surface area contributed by atoms with Crippen LogP contribution in [-0.4, -0.2) is 57.3 Å². The Morgan fingerprint density at radius 3 is 2.68 bits per heavy atom. The smallest absolute Gasteiger partial charge is 0.143 e. The average Bonchev–Trinajstić information content (AvgIpc) is 2.86. The summed E-state index contributed by atoms with van der Waals surface area (Å²) in [5, 5.41) is 3.39. The van der Waals surface area contributed by atoms with Crippen molar-refractivity contribution in [1.29, 1.82) is 0 Å². The second-order valence-electron chi connectivity index (χ2n) is 5.50. The van der Waals surface area contributed by atoms with Crippen LogP contribution in [0.15, 0.2) is 24.3 Å². The third-order valence-electron chi connectivity index (χ3n) is 3.96. The van der Waals surface area contributed by atoms with Crippen molar-refractivity contribution in [3.8, 4) is 5.75 Å². The normalized spacial score (nSPS) is 24.7. The summed E-state index contributed by atoms with van der Waals surface area (Å²) in [4.78, 5) is 4.75. The Bertz CT molecular complexity index is 418. The highest BCUT2D eigenvalue weighted by Crippen LogP contribution is 2.30.